The fraction of sp³-hybridized carbons (Fsp3) is 0.344. The summed E-state index contributed by atoms with van der Waals surface area (Å²) in [4.78, 5) is 32.6. The summed E-state index contributed by atoms with van der Waals surface area (Å²) in [6.45, 7) is 7.32. The highest BCUT2D eigenvalue weighted by Crippen LogP contribution is 2.51. The van der Waals surface area contributed by atoms with Crippen molar-refractivity contribution in [2.75, 3.05) is 47.9 Å². The molecule has 23 nitrogen and oxygen atoms in total. The number of pyridine rings is 1. The number of carbonyl (C=O) groups is 2. The van der Waals surface area contributed by atoms with Crippen molar-refractivity contribution in [3.8, 4) is 17.2 Å². The Labute approximate surface area is 531 Å². The number of amides is 2. The Balaban J connectivity index is 0.891. The Hall–Kier alpha value is -8.04. The lowest BCUT2D eigenvalue weighted by Gasteiger charge is -2.30. The van der Waals surface area contributed by atoms with E-state index in [1.54, 1.807) is 65.6 Å². The van der Waals surface area contributed by atoms with Gasteiger partial charge in [-0.15, -0.1) is 0 Å². The number of allylic oxidation sites excluding steroid dienone is 6. The summed E-state index contributed by atoms with van der Waals surface area (Å²) in [5.41, 5.74) is 5.84. The van der Waals surface area contributed by atoms with Gasteiger partial charge in [-0.2, -0.15) is 48.6 Å². The zero-order valence-electron chi connectivity index (χ0n) is 50.5. The second-order valence-corrected chi connectivity index (χ2v) is 29.1. The molecule has 7 N–H and O–H groups in total. The molecule has 0 fully saturated rings. The van der Waals surface area contributed by atoms with Gasteiger partial charge in [0.25, 0.3) is 40.5 Å². The van der Waals surface area contributed by atoms with Gasteiger partial charge in [0, 0.05) is 90.5 Å². The molecular weight excluding hydrogens is 1250 g/mol. The molecule has 4 heterocycles. The van der Waals surface area contributed by atoms with E-state index < -0.39 is 68.9 Å². The number of hydrogen-bond acceptors (Lipinski definition) is 15. The number of nitrogens with one attached hydrogen (secondary N) is 3. The Kier molecular flexibility index (Phi) is 22.3. The zero-order chi connectivity index (χ0) is 65.8. The number of rotatable bonds is 31. The maximum absolute atomic E-state index is 13.6. The second kappa shape index (κ2) is 29.5. The largest absolute Gasteiger partial charge is 0.354 e. The van der Waals surface area contributed by atoms with Crippen LogP contribution in [0.4, 0.5) is 17.2 Å². The molecular formula is C64H74N9O14S4+. The van der Waals surface area contributed by atoms with Crippen molar-refractivity contribution < 1.29 is 66.0 Å². The van der Waals surface area contributed by atoms with Crippen LogP contribution in [0, 0.1) is 11.3 Å². The summed E-state index contributed by atoms with van der Waals surface area (Å²) in [5.74, 6) is -1.08. The van der Waals surface area contributed by atoms with Gasteiger partial charge in [0.2, 0.25) is 17.5 Å². The molecule has 6 aromatic rings. The van der Waals surface area contributed by atoms with E-state index in [2.05, 4.69) is 32.1 Å². The number of hydrogen-bond donors (Lipinski definition) is 7. The van der Waals surface area contributed by atoms with Crippen LogP contribution in [0.2, 0.25) is 0 Å². The first-order chi connectivity index (χ1) is 43.0. The molecule has 0 radical (unpaired) electrons. The van der Waals surface area contributed by atoms with E-state index >= 15 is 0 Å². The maximum atomic E-state index is 13.6. The number of nitriles is 1. The lowest BCUT2D eigenvalue weighted by atomic mass is 9.77. The van der Waals surface area contributed by atoms with Crippen LogP contribution in [0.5, 0.6) is 0 Å². The molecule has 0 aliphatic carbocycles. The van der Waals surface area contributed by atoms with Gasteiger partial charge in [-0.1, -0.05) is 73.5 Å². The van der Waals surface area contributed by atoms with Gasteiger partial charge < -0.3 is 20.9 Å². The molecule has 2 aliphatic rings. The third kappa shape index (κ3) is 18.4. The highest BCUT2D eigenvalue weighted by Gasteiger charge is 2.46. The summed E-state index contributed by atoms with van der Waals surface area (Å²) in [6.07, 6.45) is 17.4. The molecule has 0 saturated carbocycles. The van der Waals surface area contributed by atoms with Crippen LogP contribution < -0.4 is 20.9 Å². The summed E-state index contributed by atoms with van der Waals surface area (Å²) >= 11 is 0. The minimum Gasteiger partial charge on any atom is -0.354 e. The van der Waals surface area contributed by atoms with Crippen LogP contribution in [0.1, 0.15) is 106 Å². The Morgan fingerprint density at radius 3 is 2.08 bits per heavy atom. The van der Waals surface area contributed by atoms with E-state index in [1.165, 1.54) is 30.3 Å². The van der Waals surface area contributed by atoms with Gasteiger partial charge in [-0.3, -0.25) is 32.5 Å². The lowest BCUT2D eigenvalue weighted by Crippen LogP contribution is -2.34. The first-order valence-corrected chi connectivity index (χ1v) is 35.6. The number of benzene rings is 4. The average molecular weight is 1320 g/mol. The monoisotopic (exact) mass is 1320 g/mol. The van der Waals surface area contributed by atoms with Crippen LogP contribution in [0.15, 0.2) is 168 Å². The predicted octanol–water partition coefficient (Wildman–Crippen LogP) is 8.69. The van der Waals surface area contributed by atoms with Crippen molar-refractivity contribution >= 4 is 75.2 Å². The normalized spacial score (nSPS) is 16.5. The lowest BCUT2D eigenvalue weighted by molar-refractivity contribution is -0.437. The number of anilines is 2. The molecule has 0 bridgehead atoms. The van der Waals surface area contributed by atoms with Crippen LogP contribution in [-0.2, 0) is 73.9 Å². The topological polar surface area (TPSA) is 348 Å². The van der Waals surface area contributed by atoms with Crippen LogP contribution >= 0.6 is 0 Å². The molecule has 27 heteroatoms. The van der Waals surface area contributed by atoms with Gasteiger partial charge in [-0.25, -0.2) is 4.98 Å². The molecule has 0 spiro atoms. The molecule has 2 amide bonds. The summed E-state index contributed by atoms with van der Waals surface area (Å²) in [7, 11) is -17.8. The Bertz CT molecular complexity index is 4280. The molecule has 2 aromatic heterocycles. The van der Waals surface area contributed by atoms with E-state index in [-0.39, 0.29) is 47.4 Å². The third-order valence-electron chi connectivity index (χ3n) is 16.2. The fourth-order valence-electron chi connectivity index (χ4n) is 11.5. The Morgan fingerprint density at radius 1 is 0.714 bits per heavy atom. The smallest absolute Gasteiger partial charge is 0.294 e. The number of carbonyl (C=O) groups excluding carboxylic acids is 2. The quantitative estimate of drug-likeness (QED) is 0.00925. The SMILES string of the molecule is CC1(C)C(C=CC=CC=C2N(CCCCCC(=O)NCCn3cc(-c4ccc(NC(=O)C(NCCc5ccc(C#N)cc5)c5ccccc5)nc4)cn3)c3ccc(S(=O)(=O)O)cc3C2(C)CCCCS(=O)(=O)O)=[N+](CCCS(=O)(=O)O)c2ccc(S(=O)(=O)O)cc21. The first-order valence-electron chi connectivity index (χ1n) is 29.5. The highest BCUT2D eigenvalue weighted by atomic mass is 32.2. The molecule has 8 rings (SSSR count). The van der Waals surface area contributed by atoms with Crippen molar-refractivity contribution in [3.05, 3.63) is 186 Å². The van der Waals surface area contributed by atoms with Gasteiger partial charge in [0.05, 0.1) is 51.1 Å². The van der Waals surface area contributed by atoms with E-state index in [1.807, 2.05) is 91.1 Å². The van der Waals surface area contributed by atoms with Crippen molar-refractivity contribution in [1.29, 1.82) is 5.26 Å². The second-order valence-electron chi connectivity index (χ2n) is 23.1. The van der Waals surface area contributed by atoms with Crippen molar-refractivity contribution in [2.24, 2.45) is 0 Å². The minimum atomic E-state index is -4.66. The van der Waals surface area contributed by atoms with Gasteiger partial charge >= 0.3 is 0 Å². The van der Waals surface area contributed by atoms with E-state index in [0.29, 0.717) is 110 Å². The number of nitrogens with zero attached hydrogens (tertiary/aromatic N) is 6. The number of unbranched alkanes of at least 4 members (excludes halogenated alkanes) is 3. The van der Waals surface area contributed by atoms with Gasteiger partial charge in [-0.05, 0) is 130 Å². The highest BCUT2D eigenvalue weighted by molar-refractivity contribution is 7.86. The molecule has 0 saturated heterocycles. The molecule has 2 aliphatic heterocycles. The van der Waals surface area contributed by atoms with Crippen molar-refractivity contribution in [3.63, 3.8) is 0 Å². The summed E-state index contributed by atoms with van der Waals surface area (Å²) in [6, 6.07) is 30.2. The maximum Gasteiger partial charge on any atom is 0.294 e. The molecule has 2 unspecified atom stereocenters. The van der Waals surface area contributed by atoms with E-state index in [9.17, 15) is 61.5 Å². The van der Waals surface area contributed by atoms with Gasteiger partial charge in [0.1, 0.15) is 18.4 Å². The van der Waals surface area contributed by atoms with Crippen molar-refractivity contribution in [1.82, 2.24) is 25.4 Å². The number of fused-ring (bicyclic) bond motifs is 2. The number of aromatic nitrogens is 3. The fourth-order valence-corrected chi connectivity index (χ4v) is 13.6. The molecule has 4 aromatic carbocycles. The zero-order valence-corrected chi connectivity index (χ0v) is 53.8. The molecule has 482 valence electrons. The van der Waals surface area contributed by atoms with Crippen molar-refractivity contribution in [2.45, 2.75) is 112 Å². The summed E-state index contributed by atoms with van der Waals surface area (Å²) in [5, 5.41) is 22.8. The van der Waals surface area contributed by atoms with Crippen LogP contribution in [0.25, 0.3) is 11.1 Å². The minimum absolute atomic E-state index is 0.0269. The predicted molar refractivity (Wildman–Crippen MR) is 345 cm³/mol. The third-order valence-corrected chi connectivity index (χ3v) is 19.5. The average Bonchev–Trinajstić information content (AvgIpc) is 1.60. The first kappa shape index (κ1) is 68.9. The van der Waals surface area contributed by atoms with Gasteiger partial charge in [0.15, 0.2) is 5.71 Å². The Morgan fingerprint density at radius 2 is 1.41 bits per heavy atom. The molecule has 91 heavy (non-hydrogen) atoms. The molecule has 2 atom stereocenters. The summed E-state index contributed by atoms with van der Waals surface area (Å²) < 4.78 is 139. The van der Waals surface area contributed by atoms with Crippen LogP contribution in [0.3, 0.4) is 0 Å². The van der Waals surface area contributed by atoms with E-state index in [0.717, 1.165) is 22.3 Å². The van der Waals surface area contributed by atoms with E-state index in [4.69, 9.17) is 5.26 Å². The standard InChI is InChI=1S/C64H73N9O14S4/c1-63(2)53-40-51(90(82,83)84)26-28-55(53)72(36-15-39-89(79,80)81)57(63)18-9-5-10-19-58-64(3,32-12-14-38-88(76,77)78)54-41-52(91(85,86)87)27-29-56(54)73(58)35-13-6-11-20-60(74)66-34-37-71-45-50(44-69-71)49-25-30-59(68-43-49)70-62(75)61(48-16-7-4-8-17-48)67-33-31-46-21-23-47(42-65)24-22-46/h4-5,7-10,16-19,21-30,40-41,43-45,61,67H,6,11-15,20,31-39H2,1-3H3,(H5-,66,68,70,74,75,76,77,78,79,80,81,82,83,84,85,86,87)/p+1. The van der Waals surface area contributed by atoms with Crippen LogP contribution in [-0.4, -0.2) is 126 Å².